The number of benzene rings is 1. The van der Waals surface area contributed by atoms with Crippen molar-refractivity contribution >= 4 is 11.6 Å². The van der Waals surface area contributed by atoms with E-state index in [1.807, 2.05) is 60.2 Å². The number of rotatable bonds is 4. The predicted molar refractivity (Wildman–Crippen MR) is 92.1 cm³/mol. The highest BCUT2D eigenvalue weighted by Gasteiger charge is 2.13. The van der Waals surface area contributed by atoms with Gasteiger partial charge in [0.2, 0.25) is 0 Å². The van der Waals surface area contributed by atoms with Crippen LogP contribution in [0.25, 0.3) is 5.69 Å². The van der Waals surface area contributed by atoms with Crippen molar-refractivity contribution in [2.75, 3.05) is 5.32 Å². The van der Waals surface area contributed by atoms with Gasteiger partial charge in [-0.25, -0.2) is 0 Å². The number of carbonyl (C=O) groups excluding carboxylic acids is 1. The molecule has 23 heavy (non-hydrogen) atoms. The maximum Gasteiger partial charge on any atom is 0.272 e. The van der Waals surface area contributed by atoms with E-state index in [-0.39, 0.29) is 5.91 Å². The summed E-state index contributed by atoms with van der Waals surface area (Å²) in [6.45, 7) is 4.03. The highest BCUT2D eigenvalue weighted by Crippen LogP contribution is 2.17. The van der Waals surface area contributed by atoms with E-state index in [1.54, 1.807) is 6.20 Å². The Morgan fingerprint density at radius 1 is 1.17 bits per heavy atom. The van der Waals surface area contributed by atoms with Gasteiger partial charge in [-0.05, 0) is 55.3 Å². The van der Waals surface area contributed by atoms with Crippen molar-refractivity contribution in [2.24, 2.45) is 0 Å². The third-order valence-corrected chi connectivity index (χ3v) is 3.81. The zero-order valence-electron chi connectivity index (χ0n) is 13.3. The summed E-state index contributed by atoms with van der Waals surface area (Å²) in [5, 5.41) is 2.97. The normalized spacial score (nSPS) is 10.5. The van der Waals surface area contributed by atoms with Crippen LogP contribution in [0.1, 0.15) is 28.7 Å². The first-order chi connectivity index (χ1) is 11.2. The van der Waals surface area contributed by atoms with Gasteiger partial charge in [0.25, 0.3) is 5.91 Å². The lowest BCUT2D eigenvalue weighted by atomic mass is 10.1. The second kappa shape index (κ2) is 6.48. The number of hydrogen-bond acceptors (Lipinski definition) is 2. The molecular formula is C19H19N3O. The van der Waals surface area contributed by atoms with Crippen LogP contribution in [-0.4, -0.2) is 15.5 Å². The van der Waals surface area contributed by atoms with Crippen LogP contribution in [0.2, 0.25) is 0 Å². The molecule has 0 saturated carbocycles. The molecule has 0 radical (unpaired) electrons. The lowest BCUT2D eigenvalue weighted by molar-refractivity contribution is 0.102. The van der Waals surface area contributed by atoms with Crippen molar-refractivity contribution in [3.63, 3.8) is 0 Å². The van der Waals surface area contributed by atoms with Crippen molar-refractivity contribution in [3.05, 3.63) is 77.9 Å². The van der Waals surface area contributed by atoms with Gasteiger partial charge in [-0.3, -0.25) is 9.78 Å². The Morgan fingerprint density at radius 3 is 2.83 bits per heavy atom. The molecule has 4 nitrogen and oxygen atoms in total. The van der Waals surface area contributed by atoms with Crippen molar-refractivity contribution in [3.8, 4) is 5.69 Å². The predicted octanol–water partition coefficient (Wildman–Crippen LogP) is 4.00. The molecule has 2 aromatic heterocycles. The summed E-state index contributed by atoms with van der Waals surface area (Å²) in [7, 11) is 0. The molecule has 3 rings (SSSR count). The quantitative estimate of drug-likeness (QED) is 0.792. The summed E-state index contributed by atoms with van der Waals surface area (Å²) in [6.07, 6.45) is 4.56. The van der Waals surface area contributed by atoms with E-state index in [0.717, 1.165) is 23.5 Å². The molecule has 0 aliphatic heterocycles. The highest BCUT2D eigenvalue weighted by molar-refractivity contribution is 6.03. The Hall–Kier alpha value is -2.88. The Bertz CT molecular complexity index is 836. The number of carbonyl (C=O) groups is 1. The minimum absolute atomic E-state index is 0.133. The van der Waals surface area contributed by atoms with Gasteiger partial charge in [-0.2, -0.15) is 0 Å². The van der Waals surface area contributed by atoms with Gasteiger partial charge in [0.15, 0.2) is 0 Å². The maximum absolute atomic E-state index is 12.6. The lowest BCUT2D eigenvalue weighted by Gasteiger charge is -2.12. The molecule has 1 N–H and O–H groups in total. The van der Waals surface area contributed by atoms with Crippen LogP contribution in [0, 0.1) is 6.92 Å². The van der Waals surface area contributed by atoms with Crippen LogP contribution < -0.4 is 5.32 Å². The molecular weight excluding hydrogens is 286 g/mol. The number of aryl methyl sites for hydroxylation is 2. The monoisotopic (exact) mass is 305 g/mol. The van der Waals surface area contributed by atoms with E-state index in [2.05, 4.69) is 23.3 Å². The van der Waals surface area contributed by atoms with Gasteiger partial charge in [-0.1, -0.05) is 19.1 Å². The van der Waals surface area contributed by atoms with E-state index < -0.39 is 0 Å². The van der Waals surface area contributed by atoms with Gasteiger partial charge in [-0.15, -0.1) is 0 Å². The maximum atomic E-state index is 12.6. The van der Waals surface area contributed by atoms with Gasteiger partial charge >= 0.3 is 0 Å². The molecule has 0 aliphatic carbocycles. The first-order valence-corrected chi connectivity index (χ1v) is 7.68. The summed E-state index contributed by atoms with van der Waals surface area (Å²) < 4.78 is 1.86. The number of hydrogen-bond donors (Lipinski definition) is 1. The van der Waals surface area contributed by atoms with Gasteiger partial charge < -0.3 is 9.88 Å². The minimum atomic E-state index is -0.133. The summed E-state index contributed by atoms with van der Waals surface area (Å²) in [4.78, 5) is 16.9. The Morgan fingerprint density at radius 2 is 2.04 bits per heavy atom. The molecule has 3 aromatic rings. The molecule has 0 fully saturated rings. The first kappa shape index (κ1) is 15.0. The van der Waals surface area contributed by atoms with Crippen LogP contribution in [0.3, 0.4) is 0 Å². The standard InChI is InChI=1S/C19H19N3O/c1-3-15-7-4-8-16(13-15)21-19(23)18-10-6-12-22(18)17-9-5-11-20-14(17)2/h4-13H,3H2,1-2H3,(H,21,23). The van der Waals surface area contributed by atoms with Crippen LogP contribution in [-0.2, 0) is 6.42 Å². The third-order valence-electron chi connectivity index (χ3n) is 3.81. The third kappa shape index (κ3) is 3.16. The topological polar surface area (TPSA) is 46.9 Å². The Labute approximate surface area is 135 Å². The molecule has 0 unspecified atom stereocenters. The average molecular weight is 305 g/mol. The van der Waals surface area contributed by atoms with E-state index in [4.69, 9.17) is 0 Å². The smallest absolute Gasteiger partial charge is 0.272 e. The van der Waals surface area contributed by atoms with Gasteiger partial charge in [0.1, 0.15) is 5.69 Å². The second-order valence-electron chi connectivity index (χ2n) is 5.38. The van der Waals surface area contributed by atoms with Crippen LogP contribution >= 0.6 is 0 Å². The van der Waals surface area contributed by atoms with Crippen LogP contribution in [0.4, 0.5) is 5.69 Å². The Kier molecular flexibility index (Phi) is 4.24. The zero-order chi connectivity index (χ0) is 16.2. The average Bonchev–Trinajstić information content (AvgIpc) is 3.05. The molecule has 0 atom stereocenters. The molecule has 1 aromatic carbocycles. The van der Waals surface area contributed by atoms with Crippen LogP contribution in [0.5, 0.6) is 0 Å². The minimum Gasteiger partial charge on any atom is -0.321 e. The summed E-state index contributed by atoms with van der Waals surface area (Å²) >= 11 is 0. The van der Waals surface area contributed by atoms with E-state index in [9.17, 15) is 4.79 Å². The number of nitrogens with one attached hydrogen (secondary N) is 1. The number of aromatic nitrogens is 2. The largest absolute Gasteiger partial charge is 0.321 e. The molecule has 4 heteroatoms. The summed E-state index contributed by atoms with van der Waals surface area (Å²) in [6, 6.07) is 15.4. The molecule has 0 bridgehead atoms. The van der Waals surface area contributed by atoms with Crippen LogP contribution in [0.15, 0.2) is 60.9 Å². The van der Waals surface area contributed by atoms with E-state index >= 15 is 0 Å². The van der Waals surface area contributed by atoms with Crippen molar-refractivity contribution < 1.29 is 4.79 Å². The fourth-order valence-corrected chi connectivity index (χ4v) is 2.57. The molecule has 0 aliphatic rings. The summed E-state index contributed by atoms with van der Waals surface area (Å²) in [5.41, 5.74) is 4.38. The van der Waals surface area contributed by atoms with Crippen molar-refractivity contribution in [2.45, 2.75) is 20.3 Å². The molecule has 0 spiro atoms. The molecule has 116 valence electrons. The fourth-order valence-electron chi connectivity index (χ4n) is 2.57. The van der Waals surface area contributed by atoms with Gasteiger partial charge in [0.05, 0.1) is 11.4 Å². The fraction of sp³-hybridized carbons (Fsp3) is 0.158. The molecule has 2 heterocycles. The lowest BCUT2D eigenvalue weighted by Crippen LogP contribution is -2.16. The van der Waals surface area contributed by atoms with Crippen molar-refractivity contribution in [1.29, 1.82) is 0 Å². The first-order valence-electron chi connectivity index (χ1n) is 7.68. The SMILES string of the molecule is CCc1cccc(NC(=O)c2cccn2-c2cccnc2C)c1. The van der Waals surface area contributed by atoms with Crippen molar-refractivity contribution in [1.82, 2.24) is 9.55 Å². The van der Waals surface area contributed by atoms with Gasteiger partial charge in [0, 0.05) is 18.1 Å². The molecule has 0 saturated heterocycles. The number of nitrogens with zero attached hydrogens (tertiary/aromatic N) is 2. The molecule has 1 amide bonds. The number of anilines is 1. The van der Waals surface area contributed by atoms with E-state index in [1.165, 1.54) is 5.56 Å². The summed E-state index contributed by atoms with van der Waals surface area (Å²) in [5.74, 6) is -0.133. The highest BCUT2D eigenvalue weighted by atomic mass is 16.1. The number of amides is 1. The zero-order valence-corrected chi connectivity index (χ0v) is 13.3. The number of pyridine rings is 1. The second-order valence-corrected chi connectivity index (χ2v) is 5.38. The Balaban J connectivity index is 1.89. The van der Waals surface area contributed by atoms with E-state index in [0.29, 0.717) is 5.69 Å².